The Morgan fingerprint density at radius 3 is 1.58 bits per heavy atom. The minimum Gasteiger partial charge on any atom is -0.456 e. The fourth-order valence-electron chi connectivity index (χ4n) is 8.06. The smallest absolute Gasteiger partial charge is 0.135 e. The molecule has 11 rings (SSSR count). The maximum absolute atomic E-state index is 6.37. The third kappa shape index (κ3) is 3.91. The van der Waals surface area contributed by atoms with Gasteiger partial charge in [0.2, 0.25) is 0 Å². The minimum absolute atomic E-state index is 0.896. The third-order valence-electron chi connectivity index (χ3n) is 10.3. The van der Waals surface area contributed by atoms with Gasteiger partial charge in [-0.15, -0.1) is 11.3 Å². The average Bonchev–Trinajstić information content (AvgIpc) is 3.95. The number of thiophene rings is 1. The van der Waals surface area contributed by atoms with E-state index in [4.69, 9.17) is 4.42 Å². The Hall–Kier alpha value is -6.36. The Labute approximate surface area is 291 Å². The molecule has 0 spiro atoms. The van der Waals surface area contributed by atoms with Gasteiger partial charge in [0.05, 0.1) is 33.4 Å². The van der Waals surface area contributed by atoms with Crippen molar-refractivity contribution in [3.63, 3.8) is 0 Å². The van der Waals surface area contributed by atoms with Crippen molar-refractivity contribution in [3.8, 4) is 33.6 Å². The minimum atomic E-state index is 0.896. The van der Waals surface area contributed by atoms with Crippen LogP contribution in [-0.2, 0) is 0 Å². The summed E-state index contributed by atoms with van der Waals surface area (Å²) in [5, 5.41) is 11.9. The Balaban J connectivity index is 1.18. The van der Waals surface area contributed by atoms with Gasteiger partial charge < -0.3 is 13.6 Å². The van der Waals surface area contributed by atoms with E-state index >= 15 is 0 Å². The second-order valence-corrected chi connectivity index (χ2v) is 13.7. The van der Waals surface area contributed by atoms with E-state index in [1.54, 1.807) is 11.3 Å². The zero-order valence-corrected chi connectivity index (χ0v) is 27.7. The first-order valence-corrected chi connectivity index (χ1v) is 17.9. The molecule has 4 heteroatoms. The third-order valence-corrected chi connectivity index (χ3v) is 11.0. The van der Waals surface area contributed by atoms with Crippen LogP contribution in [0, 0.1) is 0 Å². The first kappa shape index (κ1) is 27.6. The van der Waals surface area contributed by atoms with Gasteiger partial charge in [-0.3, -0.25) is 0 Å². The van der Waals surface area contributed by atoms with Crippen molar-refractivity contribution in [1.29, 1.82) is 0 Å². The topological polar surface area (TPSA) is 23.0 Å². The molecule has 234 valence electrons. The van der Waals surface area contributed by atoms with E-state index in [9.17, 15) is 0 Å². The normalized spacial score (nSPS) is 12.0. The lowest BCUT2D eigenvalue weighted by Crippen LogP contribution is -2.01. The quantitative estimate of drug-likeness (QED) is 0.185. The summed E-state index contributed by atoms with van der Waals surface area (Å²) in [6, 6.07) is 56.7. The lowest BCUT2D eigenvalue weighted by Gasteiger charge is -2.15. The molecule has 7 aromatic carbocycles. The number of rotatable bonds is 4. The monoisotopic (exact) mass is 656 g/mol. The summed E-state index contributed by atoms with van der Waals surface area (Å²) >= 11 is 1.75. The van der Waals surface area contributed by atoms with Crippen molar-refractivity contribution in [1.82, 2.24) is 9.13 Å². The van der Waals surface area contributed by atoms with Crippen molar-refractivity contribution in [2.45, 2.75) is 0 Å². The molecule has 4 aromatic heterocycles. The molecule has 0 saturated heterocycles. The highest BCUT2D eigenvalue weighted by molar-refractivity contribution is 7.08. The summed E-state index contributed by atoms with van der Waals surface area (Å²) in [7, 11) is 0. The highest BCUT2D eigenvalue weighted by atomic mass is 32.1. The van der Waals surface area contributed by atoms with Gasteiger partial charge in [0.15, 0.2) is 0 Å². The van der Waals surface area contributed by atoms with Crippen molar-refractivity contribution in [2.24, 2.45) is 0 Å². The molecule has 0 amide bonds. The predicted molar refractivity (Wildman–Crippen MR) is 211 cm³/mol. The van der Waals surface area contributed by atoms with Gasteiger partial charge in [0.25, 0.3) is 0 Å². The molecule has 0 N–H and O–H groups in total. The first-order valence-electron chi connectivity index (χ1n) is 16.9. The molecule has 0 aliphatic rings. The fourth-order valence-corrected chi connectivity index (χ4v) is 8.84. The SMILES string of the molecule is c1ccc(-c2ccc3oc4ccc(-c5cccc6c7ccccc7n(-c7cscc7-n7c8ccccc8c8ccccc87)c56)cc4c3c2)cc1. The Morgan fingerprint density at radius 2 is 0.900 bits per heavy atom. The van der Waals surface area contributed by atoms with Crippen LogP contribution < -0.4 is 0 Å². The van der Waals surface area contributed by atoms with E-state index in [-0.39, 0.29) is 0 Å². The lowest BCUT2D eigenvalue weighted by molar-refractivity contribution is 0.669. The van der Waals surface area contributed by atoms with Gasteiger partial charge in [-0.2, -0.15) is 0 Å². The molecule has 0 aliphatic heterocycles. The molecule has 0 saturated carbocycles. The van der Waals surface area contributed by atoms with Gasteiger partial charge in [-0.25, -0.2) is 0 Å². The van der Waals surface area contributed by atoms with Crippen molar-refractivity contribution in [2.75, 3.05) is 0 Å². The van der Waals surface area contributed by atoms with Crippen molar-refractivity contribution in [3.05, 3.63) is 168 Å². The van der Waals surface area contributed by atoms with E-state index in [1.807, 2.05) is 0 Å². The molecule has 0 bridgehead atoms. The Kier molecular flexibility index (Phi) is 5.83. The van der Waals surface area contributed by atoms with Crippen LogP contribution in [0.1, 0.15) is 0 Å². The van der Waals surface area contributed by atoms with E-state index in [2.05, 4.69) is 178 Å². The molecule has 50 heavy (non-hydrogen) atoms. The Bertz CT molecular complexity index is 3050. The second kappa shape index (κ2) is 10.6. The number of hydrogen-bond acceptors (Lipinski definition) is 2. The van der Waals surface area contributed by atoms with Crippen molar-refractivity contribution < 1.29 is 4.42 Å². The molecular formula is C46H28N2OS. The van der Waals surface area contributed by atoms with Gasteiger partial charge >= 0.3 is 0 Å². The summed E-state index contributed by atoms with van der Waals surface area (Å²) in [5.41, 5.74) is 13.7. The van der Waals surface area contributed by atoms with E-state index in [0.29, 0.717) is 0 Å². The molecule has 3 nitrogen and oxygen atoms in total. The van der Waals surface area contributed by atoms with Crippen LogP contribution in [0.2, 0.25) is 0 Å². The van der Waals surface area contributed by atoms with Crippen LogP contribution in [0.15, 0.2) is 173 Å². The molecule has 0 radical (unpaired) electrons. The van der Waals surface area contributed by atoms with Gasteiger partial charge in [0.1, 0.15) is 11.2 Å². The van der Waals surface area contributed by atoms with Crippen LogP contribution in [0.4, 0.5) is 0 Å². The number of fused-ring (bicyclic) bond motifs is 9. The highest BCUT2D eigenvalue weighted by Crippen LogP contribution is 2.43. The van der Waals surface area contributed by atoms with Crippen LogP contribution in [-0.4, -0.2) is 9.13 Å². The zero-order valence-electron chi connectivity index (χ0n) is 26.9. The fraction of sp³-hybridized carbons (Fsp3) is 0. The van der Waals surface area contributed by atoms with Crippen LogP contribution >= 0.6 is 11.3 Å². The molecule has 11 aromatic rings. The molecule has 4 heterocycles. The summed E-state index contributed by atoms with van der Waals surface area (Å²) in [5.74, 6) is 0. The van der Waals surface area contributed by atoms with E-state index in [1.165, 1.54) is 71.7 Å². The average molecular weight is 657 g/mol. The number of aromatic nitrogens is 2. The van der Waals surface area contributed by atoms with Gasteiger partial charge in [0, 0.05) is 48.6 Å². The highest BCUT2D eigenvalue weighted by Gasteiger charge is 2.22. The zero-order chi connectivity index (χ0) is 32.8. The number of furan rings is 1. The largest absolute Gasteiger partial charge is 0.456 e. The van der Waals surface area contributed by atoms with Crippen LogP contribution in [0.5, 0.6) is 0 Å². The number of hydrogen-bond donors (Lipinski definition) is 0. The first-order chi connectivity index (χ1) is 24.8. The summed E-state index contributed by atoms with van der Waals surface area (Å²) in [4.78, 5) is 0. The number of benzene rings is 7. The molecule has 0 atom stereocenters. The lowest BCUT2D eigenvalue weighted by atomic mass is 9.98. The molecular weight excluding hydrogens is 629 g/mol. The molecule has 0 unspecified atom stereocenters. The van der Waals surface area contributed by atoms with Crippen LogP contribution in [0.25, 0.3) is 99.2 Å². The standard InChI is InChI=1S/C46H28N2OS/c1-2-11-29(12-3-1)30-21-23-44-37(25-30)38-26-31(22-24-45(38)49-44)32-16-10-17-36-35-15-6-9-20-41(35)48(46(32)36)43-28-50-27-42(43)47-39-18-7-4-13-33(39)34-14-5-8-19-40(34)47/h1-28H. The maximum atomic E-state index is 6.37. The predicted octanol–water partition coefficient (Wildman–Crippen LogP) is 13.2. The summed E-state index contributed by atoms with van der Waals surface area (Å²) in [6.07, 6.45) is 0. The molecule has 0 aliphatic carbocycles. The maximum Gasteiger partial charge on any atom is 0.135 e. The summed E-state index contributed by atoms with van der Waals surface area (Å²) in [6.45, 7) is 0. The Morgan fingerprint density at radius 1 is 0.380 bits per heavy atom. The van der Waals surface area contributed by atoms with E-state index < -0.39 is 0 Å². The van der Waals surface area contributed by atoms with Gasteiger partial charge in [-0.1, -0.05) is 115 Å². The summed E-state index contributed by atoms with van der Waals surface area (Å²) < 4.78 is 11.3. The van der Waals surface area contributed by atoms with Crippen molar-refractivity contribution >= 4 is 76.9 Å². The number of para-hydroxylation sites is 4. The molecule has 0 fully saturated rings. The van der Waals surface area contributed by atoms with Gasteiger partial charge in [-0.05, 0) is 59.2 Å². The second-order valence-electron chi connectivity index (χ2n) is 13.0. The van der Waals surface area contributed by atoms with Crippen LogP contribution in [0.3, 0.4) is 0 Å². The number of nitrogens with zero attached hydrogens (tertiary/aromatic N) is 2. The van der Waals surface area contributed by atoms with E-state index in [0.717, 1.165) is 27.5 Å².